The van der Waals surface area contributed by atoms with Crippen LogP contribution in [0.4, 0.5) is 0 Å². The molecule has 1 saturated heterocycles. The van der Waals surface area contributed by atoms with E-state index in [0.717, 1.165) is 19.4 Å². The summed E-state index contributed by atoms with van der Waals surface area (Å²) in [7, 11) is 0. The molecule has 0 aromatic carbocycles. The monoisotopic (exact) mass is 196 g/mol. The standard InChI is InChI=1S/C12H20O2/c1-4-13-10-5-6-11-9(7-10)8-12(2,3)14-11/h5-6,9-11H,4,7-8H2,1-3H3/t9-,10+,11-/m1/s1. The van der Waals surface area contributed by atoms with Crippen molar-refractivity contribution in [3.63, 3.8) is 0 Å². The molecule has 2 rings (SSSR count). The molecule has 2 nitrogen and oxygen atoms in total. The number of rotatable bonds is 2. The highest BCUT2D eigenvalue weighted by Gasteiger charge is 2.41. The van der Waals surface area contributed by atoms with E-state index in [1.54, 1.807) is 0 Å². The maximum absolute atomic E-state index is 5.94. The molecule has 1 heterocycles. The van der Waals surface area contributed by atoms with Crippen molar-refractivity contribution in [2.24, 2.45) is 5.92 Å². The van der Waals surface area contributed by atoms with Crippen molar-refractivity contribution >= 4 is 0 Å². The van der Waals surface area contributed by atoms with Gasteiger partial charge in [-0.1, -0.05) is 12.2 Å². The van der Waals surface area contributed by atoms with Gasteiger partial charge in [-0.25, -0.2) is 0 Å². The lowest BCUT2D eigenvalue weighted by Crippen LogP contribution is -2.25. The van der Waals surface area contributed by atoms with E-state index < -0.39 is 0 Å². The lowest BCUT2D eigenvalue weighted by atomic mass is 9.86. The lowest BCUT2D eigenvalue weighted by molar-refractivity contribution is -0.00737. The molecule has 1 fully saturated rings. The summed E-state index contributed by atoms with van der Waals surface area (Å²) in [5, 5.41) is 0. The zero-order chi connectivity index (χ0) is 10.2. The Hall–Kier alpha value is -0.340. The molecule has 80 valence electrons. The fraction of sp³-hybridized carbons (Fsp3) is 0.833. The Balaban J connectivity index is 1.99. The average molecular weight is 196 g/mol. The molecule has 0 radical (unpaired) electrons. The molecule has 0 spiro atoms. The average Bonchev–Trinajstić information content (AvgIpc) is 2.38. The van der Waals surface area contributed by atoms with Gasteiger partial charge in [0.05, 0.1) is 17.8 Å². The van der Waals surface area contributed by atoms with Crippen LogP contribution in [0.1, 0.15) is 33.6 Å². The highest BCUT2D eigenvalue weighted by molar-refractivity contribution is 5.08. The smallest absolute Gasteiger partial charge is 0.0794 e. The van der Waals surface area contributed by atoms with Crippen LogP contribution in [0.3, 0.4) is 0 Å². The molecule has 14 heavy (non-hydrogen) atoms. The zero-order valence-corrected chi connectivity index (χ0v) is 9.32. The Morgan fingerprint density at radius 1 is 1.43 bits per heavy atom. The van der Waals surface area contributed by atoms with E-state index in [4.69, 9.17) is 9.47 Å². The molecule has 1 aliphatic heterocycles. The molecule has 2 aliphatic rings. The molecule has 0 saturated carbocycles. The normalized spacial score (nSPS) is 39.8. The summed E-state index contributed by atoms with van der Waals surface area (Å²) in [6.45, 7) is 7.20. The Kier molecular flexibility index (Phi) is 2.67. The first-order chi connectivity index (χ1) is 6.61. The van der Waals surface area contributed by atoms with Crippen LogP contribution in [0.15, 0.2) is 12.2 Å². The molecule has 2 heteroatoms. The summed E-state index contributed by atoms with van der Waals surface area (Å²) >= 11 is 0. The maximum Gasteiger partial charge on any atom is 0.0794 e. The second kappa shape index (κ2) is 3.67. The minimum atomic E-state index is 0.0563. The lowest BCUT2D eigenvalue weighted by Gasteiger charge is -2.25. The maximum atomic E-state index is 5.94. The van der Waals surface area contributed by atoms with Gasteiger partial charge in [0.2, 0.25) is 0 Å². The van der Waals surface area contributed by atoms with Crippen molar-refractivity contribution in [2.45, 2.75) is 51.4 Å². The Morgan fingerprint density at radius 3 is 2.93 bits per heavy atom. The molecule has 3 atom stereocenters. The number of hydrogen-bond acceptors (Lipinski definition) is 2. The second-order valence-electron chi connectivity index (χ2n) is 4.92. The van der Waals surface area contributed by atoms with Crippen LogP contribution in [0.2, 0.25) is 0 Å². The molecular formula is C12H20O2. The Labute approximate surface area is 86.3 Å². The summed E-state index contributed by atoms with van der Waals surface area (Å²) in [5.41, 5.74) is 0.0563. The van der Waals surface area contributed by atoms with Crippen molar-refractivity contribution in [3.05, 3.63) is 12.2 Å². The van der Waals surface area contributed by atoms with Crippen molar-refractivity contribution in [3.8, 4) is 0 Å². The van der Waals surface area contributed by atoms with E-state index in [2.05, 4.69) is 32.9 Å². The molecule has 0 bridgehead atoms. The van der Waals surface area contributed by atoms with E-state index >= 15 is 0 Å². The van der Waals surface area contributed by atoms with E-state index in [1.165, 1.54) is 0 Å². The molecule has 0 aromatic rings. The van der Waals surface area contributed by atoms with Gasteiger partial charge in [0, 0.05) is 6.61 Å². The van der Waals surface area contributed by atoms with Crippen LogP contribution in [0.5, 0.6) is 0 Å². The Bertz CT molecular complexity index is 232. The number of fused-ring (bicyclic) bond motifs is 1. The summed E-state index contributed by atoms with van der Waals surface area (Å²) in [6, 6.07) is 0. The van der Waals surface area contributed by atoms with Gasteiger partial charge in [-0.2, -0.15) is 0 Å². The topological polar surface area (TPSA) is 18.5 Å². The van der Waals surface area contributed by atoms with Gasteiger partial charge in [-0.3, -0.25) is 0 Å². The molecule has 0 N–H and O–H groups in total. The summed E-state index contributed by atoms with van der Waals surface area (Å²) in [5.74, 6) is 0.659. The predicted octanol–water partition coefficient (Wildman–Crippen LogP) is 2.54. The van der Waals surface area contributed by atoms with Gasteiger partial charge >= 0.3 is 0 Å². The summed E-state index contributed by atoms with van der Waals surface area (Å²) in [6.07, 6.45) is 7.28. The molecule has 0 aromatic heterocycles. The van der Waals surface area contributed by atoms with Crippen LogP contribution >= 0.6 is 0 Å². The third-order valence-corrected chi connectivity index (χ3v) is 3.10. The fourth-order valence-corrected chi connectivity index (χ4v) is 2.62. The van der Waals surface area contributed by atoms with Crippen molar-refractivity contribution in [1.82, 2.24) is 0 Å². The van der Waals surface area contributed by atoms with Crippen LogP contribution < -0.4 is 0 Å². The Morgan fingerprint density at radius 2 is 2.21 bits per heavy atom. The SMILES string of the molecule is CCO[C@H]1C=C[C@H]2OC(C)(C)C[C@H]2C1. The van der Waals surface area contributed by atoms with Gasteiger partial charge in [-0.15, -0.1) is 0 Å². The third-order valence-electron chi connectivity index (χ3n) is 3.10. The van der Waals surface area contributed by atoms with E-state index in [0.29, 0.717) is 18.1 Å². The van der Waals surface area contributed by atoms with Gasteiger partial charge in [0.1, 0.15) is 0 Å². The van der Waals surface area contributed by atoms with E-state index in [9.17, 15) is 0 Å². The number of hydrogen-bond donors (Lipinski definition) is 0. The minimum Gasteiger partial charge on any atom is -0.374 e. The van der Waals surface area contributed by atoms with Gasteiger partial charge < -0.3 is 9.47 Å². The summed E-state index contributed by atoms with van der Waals surface area (Å²) in [4.78, 5) is 0. The zero-order valence-electron chi connectivity index (χ0n) is 9.32. The fourth-order valence-electron chi connectivity index (χ4n) is 2.62. The van der Waals surface area contributed by atoms with Crippen molar-refractivity contribution in [2.75, 3.05) is 6.61 Å². The third kappa shape index (κ3) is 2.01. The molecule has 0 amide bonds. The predicted molar refractivity (Wildman–Crippen MR) is 56.2 cm³/mol. The van der Waals surface area contributed by atoms with Crippen LogP contribution in [-0.2, 0) is 9.47 Å². The first-order valence-electron chi connectivity index (χ1n) is 5.58. The van der Waals surface area contributed by atoms with Crippen molar-refractivity contribution in [1.29, 1.82) is 0 Å². The molecule has 1 aliphatic carbocycles. The second-order valence-corrected chi connectivity index (χ2v) is 4.92. The van der Waals surface area contributed by atoms with E-state index in [-0.39, 0.29) is 5.60 Å². The largest absolute Gasteiger partial charge is 0.374 e. The van der Waals surface area contributed by atoms with E-state index in [1.807, 2.05) is 0 Å². The number of ether oxygens (including phenoxy) is 2. The molecular weight excluding hydrogens is 176 g/mol. The minimum absolute atomic E-state index is 0.0563. The molecule has 0 unspecified atom stereocenters. The van der Waals surface area contributed by atoms with Crippen LogP contribution in [-0.4, -0.2) is 24.4 Å². The van der Waals surface area contributed by atoms with Crippen LogP contribution in [0, 0.1) is 5.92 Å². The first-order valence-corrected chi connectivity index (χ1v) is 5.58. The van der Waals surface area contributed by atoms with Gasteiger partial charge in [0.25, 0.3) is 0 Å². The van der Waals surface area contributed by atoms with Crippen LogP contribution in [0.25, 0.3) is 0 Å². The summed E-state index contributed by atoms with van der Waals surface area (Å²) < 4.78 is 11.6. The van der Waals surface area contributed by atoms with Gasteiger partial charge in [-0.05, 0) is 39.5 Å². The first kappa shape index (κ1) is 10.2. The van der Waals surface area contributed by atoms with Crippen molar-refractivity contribution < 1.29 is 9.47 Å². The highest BCUT2D eigenvalue weighted by atomic mass is 16.5. The van der Waals surface area contributed by atoms with Gasteiger partial charge in [0.15, 0.2) is 0 Å². The quantitative estimate of drug-likeness (QED) is 0.632. The highest BCUT2D eigenvalue weighted by Crippen LogP contribution is 2.40.